The van der Waals surface area contributed by atoms with E-state index in [1.54, 1.807) is 7.11 Å². The lowest BCUT2D eigenvalue weighted by Gasteiger charge is -2.13. The molecule has 102 valence electrons. The third kappa shape index (κ3) is 4.31. The lowest BCUT2D eigenvalue weighted by molar-refractivity contribution is 0.198. The maximum absolute atomic E-state index is 13.4. The molecule has 0 spiro atoms. The average molecular weight is 261 g/mol. The van der Waals surface area contributed by atoms with Gasteiger partial charge in [-0.2, -0.15) is 0 Å². The molecule has 1 atom stereocenters. The molecule has 0 amide bonds. The van der Waals surface area contributed by atoms with E-state index in [0.717, 1.165) is 6.07 Å². The third-order valence-corrected chi connectivity index (χ3v) is 2.66. The van der Waals surface area contributed by atoms with Crippen LogP contribution in [0.4, 0.5) is 13.2 Å². The second-order valence-electron chi connectivity index (χ2n) is 4.34. The molecule has 1 aromatic rings. The monoisotopic (exact) mass is 261 g/mol. The number of halogens is 3. The molecular formula is C13H18F3NO. The van der Waals surface area contributed by atoms with Crippen molar-refractivity contribution in [3.05, 3.63) is 35.1 Å². The predicted molar refractivity (Wildman–Crippen MR) is 63.9 cm³/mol. The van der Waals surface area contributed by atoms with Crippen molar-refractivity contribution in [2.24, 2.45) is 5.92 Å². The fraction of sp³-hybridized carbons (Fsp3) is 0.538. The molecule has 0 heterocycles. The smallest absolute Gasteiger partial charge is 0.194 e. The lowest BCUT2D eigenvalue weighted by Crippen LogP contribution is -2.26. The van der Waals surface area contributed by atoms with Gasteiger partial charge in [-0.3, -0.25) is 0 Å². The van der Waals surface area contributed by atoms with Crippen LogP contribution in [-0.2, 0) is 11.2 Å². The molecule has 0 aliphatic rings. The molecular weight excluding hydrogens is 243 g/mol. The molecule has 0 bridgehead atoms. The van der Waals surface area contributed by atoms with Crippen molar-refractivity contribution in [1.29, 1.82) is 0 Å². The number of nitrogens with one attached hydrogen (secondary N) is 1. The zero-order chi connectivity index (χ0) is 13.5. The van der Waals surface area contributed by atoms with Crippen molar-refractivity contribution in [3.63, 3.8) is 0 Å². The summed E-state index contributed by atoms with van der Waals surface area (Å²) in [5.41, 5.74) is 0.204. The van der Waals surface area contributed by atoms with Crippen molar-refractivity contribution < 1.29 is 17.9 Å². The highest BCUT2D eigenvalue weighted by molar-refractivity contribution is 5.20. The van der Waals surface area contributed by atoms with Crippen molar-refractivity contribution in [2.75, 3.05) is 26.8 Å². The molecule has 1 aromatic carbocycles. The number of benzene rings is 1. The third-order valence-electron chi connectivity index (χ3n) is 2.66. The second-order valence-corrected chi connectivity index (χ2v) is 4.34. The van der Waals surface area contributed by atoms with Crippen LogP contribution in [-0.4, -0.2) is 26.8 Å². The maximum atomic E-state index is 13.4. The Morgan fingerprint density at radius 3 is 2.61 bits per heavy atom. The van der Waals surface area contributed by atoms with Gasteiger partial charge in [-0.15, -0.1) is 0 Å². The van der Waals surface area contributed by atoms with E-state index < -0.39 is 17.5 Å². The highest BCUT2D eigenvalue weighted by Crippen LogP contribution is 2.18. The molecule has 0 aliphatic carbocycles. The van der Waals surface area contributed by atoms with Gasteiger partial charge in [0.1, 0.15) is 0 Å². The molecule has 0 aromatic heterocycles. The van der Waals surface area contributed by atoms with Gasteiger partial charge in [0.05, 0.1) is 6.61 Å². The van der Waals surface area contributed by atoms with E-state index in [0.29, 0.717) is 26.1 Å². The number of hydrogen-bond acceptors (Lipinski definition) is 2. The highest BCUT2D eigenvalue weighted by Gasteiger charge is 2.15. The van der Waals surface area contributed by atoms with Crippen LogP contribution in [0.1, 0.15) is 12.5 Å². The molecule has 5 heteroatoms. The van der Waals surface area contributed by atoms with Gasteiger partial charge in [-0.25, -0.2) is 13.2 Å². The first-order valence-corrected chi connectivity index (χ1v) is 5.88. The standard InChI is InChI=1S/C13H18F3NO/c1-9(8-17-5-6-18-2)7-10-3-4-11(14)13(16)12(10)15/h3-4,9,17H,5-8H2,1-2H3. The van der Waals surface area contributed by atoms with Crippen molar-refractivity contribution in [1.82, 2.24) is 5.32 Å². The van der Waals surface area contributed by atoms with Crippen LogP contribution in [0.2, 0.25) is 0 Å². The van der Waals surface area contributed by atoms with Gasteiger partial charge in [-0.1, -0.05) is 13.0 Å². The van der Waals surface area contributed by atoms with Gasteiger partial charge in [0.15, 0.2) is 17.5 Å². The molecule has 1 N–H and O–H groups in total. The number of hydrogen-bond donors (Lipinski definition) is 1. The summed E-state index contributed by atoms with van der Waals surface area (Å²) >= 11 is 0. The van der Waals surface area contributed by atoms with Crippen LogP contribution >= 0.6 is 0 Å². The molecule has 1 rings (SSSR count). The van der Waals surface area contributed by atoms with Crippen LogP contribution in [0.5, 0.6) is 0 Å². The Balaban J connectivity index is 2.49. The Bertz CT molecular complexity index is 385. The highest BCUT2D eigenvalue weighted by atomic mass is 19.2. The average Bonchev–Trinajstić information content (AvgIpc) is 2.35. The summed E-state index contributed by atoms with van der Waals surface area (Å²) in [6.45, 7) is 3.90. The largest absolute Gasteiger partial charge is 0.383 e. The Morgan fingerprint density at radius 2 is 1.94 bits per heavy atom. The summed E-state index contributed by atoms with van der Waals surface area (Å²) in [5, 5.41) is 3.14. The fourth-order valence-electron chi connectivity index (χ4n) is 1.69. The molecule has 1 unspecified atom stereocenters. The van der Waals surface area contributed by atoms with Crippen molar-refractivity contribution in [3.8, 4) is 0 Å². The first-order valence-electron chi connectivity index (χ1n) is 5.88. The van der Waals surface area contributed by atoms with Gasteiger partial charge in [-0.05, 0) is 30.5 Å². The Hall–Kier alpha value is -1.07. The minimum atomic E-state index is -1.40. The van der Waals surface area contributed by atoms with E-state index in [1.165, 1.54) is 6.07 Å². The van der Waals surface area contributed by atoms with Gasteiger partial charge in [0, 0.05) is 13.7 Å². The Labute approximate surface area is 105 Å². The minimum Gasteiger partial charge on any atom is -0.383 e. The number of ether oxygens (including phenoxy) is 1. The van der Waals surface area contributed by atoms with Gasteiger partial charge >= 0.3 is 0 Å². The van der Waals surface area contributed by atoms with E-state index in [4.69, 9.17) is 4.74 Å². The molecule has 2 nitrogen and oxygen atoms in total. The number of methoxy groups -OCH3 is 1. The van der Waals surface area contributed by atoms with Crippen LogP contribution in [0, 0.1) is 23.4 Å². The molecule has 0 saturated carbocycles. The van der Waals surface area contributed by atoms with Gasteiger partial charge < -0.3 is 10.1 Å². The summed E-state index contributed by atoms with van der Waals surface area (Å²) in [6, 6.07) is 2.25. The maximum Gasteiger partial charge on any atom is 0.194 e. The Morgan fingerprint density at radius 1 is 1.22 bits per heavy atom. The van der Waals surface area contributed by atoms with Crippen LogP contribution in [0.3, 0.4) is 0 Å². The van der Waals surface area contributed by atoms with E-state index in [2.05, 4.69) is 5.32 Å². The van der Waals surface area contributed by atoms with E-state index in [-0.39, 0.29) is 11.5 Å². The summed E-state index contributed by atoms with van der Waals surface area (Å²) in [6.07, 6.45) is 0.364. The molecule has 0 saturated heterocycles. The van der Waals surface area contributed by atoms with E-state index in [1.807, 2.05) is 6.92 Å². The molecule has 0 aliphatic heterocycles. The lowest BCUT2D eigenvalue weighted by atomic mass is 10.0. The SMILES string of the molecule is COCCNCC(C)Cc1ccc(F)c(F)c1F. The number of rotatable bonds is 7. The summed E-state index contributed by atoms with van der Waals surface area (Å²) < 4.78 is 44.0. The van der Waals surface area contributed by atoms with Crippen LogP contribution in [0.25, 0.3) is 0 Å². The minimum absolute atomic E-state index is 0.126. The predicted octanol–water partition coefficient (Wildman–Crippen LogP) is 2.52. The quantitative estimate of drug-likeness (QED) is 0.601. The van der Waals surface area contributed by atoms with Crippen LogP contribution < -0.4 is 5.32 Å². The first-order chi connectivity index (χ1) is 8.56. The summed E-state index contributed by atoms with van der Waals surface area (Å²) in [7, 11) is 1.61. The zero-order valence-electron chi connectivity index (χ0n) is 10.6. The second kappa shape index (κ2) is 7.38. The van der Waals surface area contributed by atoms with E-state index >= 15 is 0 Å². The molecule has 0 radical (unpaired) electrons. The molecule has 18 heavy (non-hydrogen) atoms. The van der Waals surface area contributed by atoms with Crippen LogP contribution in [0.15, 0.2) is 12.1 Å². The first kappa shape index (κ1) is 15.0. The molecule has 0 fully saturated rings. The van der Waals surface area contributed by atoms with Gasteiger partial charge in [0.2, 0.25) is 0 Å². The fourth-order valence-corrected chi connectivity index (χ4v) is 1.69. The topological polar surface area (TPSA) is 21.3 Å². The zero-order valence-corrected chi connectivity index (χ0v) is 10.6. The van der Waals surface area contributed by atoms with E-state index in [9.17, 15) is 13.2 Å². The van der Waals surface area contributed by atoms with Crippen molar-refractivity contribution in [2.45, 2.75) is 13.3 Å². The summed E-state index contributed by atoms with van der Waals surface area (Å²) in [5.74, 6) is -3.51. The normalized spacial score (nSPS) is 12.7. The van der Waals surface area contributed by atoms with Gasteiger partial charge in [0.25, 0.3) is 0 Å². The van der Waals surface area contributed by atoms with Crippen molar-refractivity contribution >= 4 is 0 Å². The summed E-state index contributed by atoms with van der Waals surface area (Å²) in [4.78, 5) is 0. The Kier molecular flexibility index (Phi) is 6.15.